The van der Waals surface area contributed by atoms with Gasteiger partial charge in [0, 0.05) is 17.5 Å². The number of nitrogens with one attached hydrogen (secondary N) is 2. The maximum Gasteiger partial charge on any atom is 0.271 e. The lowest BCUT2D eigenvalue weighted by Gasteiger charge is -2.09. The van der Waals surface area contributed by atoms with Gasteiger partial charge in [0.25, 0.3) is 11.5 Å². The molecule has 18 heavy (non-hydrogen) atoms. The van der Waals surface area contributed by atoms with Crippen LogP contribution >= 0.6 is 11.3 Å². The molecular formula is C11H11N3O3S. The summed E-state index contributed by atoms with van der Waals surface area (Å²) in [6, 6.07) is 6.16. The Balaban J connectivity index is 1.92. The van der Waals surface area contributed by atoms with Crippen molar-refractivity contribution in [1.82, 2.24) is 15.5 Å². The fourth-order valence-electron chi connectivity index (χ4n) is 1.33. The van der Waals surface area contributed by atoms with Crippen LogP contribution in [0.2, 0.25) is 0 Å². The highest BCUT2D eigenvalue weighted by molar-refractivity contribution is 7.10. The van der Waals surface area contributed by atoms with Crippen molar-refractivity contribution in [3.05, 3.63) is 50.6 Å². The van der Waals surface area contributed by atoms with E-state index in [-0.39, 0.29) is 17.8 Å². The predicted octanol–water partition coefficient (Wildman–Crippen LogP) is 0.295. The third-order valence-corrected chi connectivity index (χ3v) is 3.21. The van der Waals surface area contributed by atoms with Gasteiger partial charge < -0.3 is 10.4 Å². The van der Waals surface area contributed by atoms with E-state index in [1.807, 2.05) is 11.4 Å². The van der Waals surface area contributed by atoms with Gasteiger partial charge in [0.2, 0.25) is 0 Å². The van der Waals surface area contributed by atoms with Crippen molar-refractivity contribution in [2.75, 3.05) is 6.54 Å². The molecule has 2 aromatic rings. The molecule has 0 fully saturated rings. The number of aromatic amines is 1. The molecule has 2 heterocycles. The lowest BCUT2D eigenvalue weighted by Crippen LogP contribution is -2.29. The molecule has 0 aliphatic heterocycles. The molecule has 2 aromatic heterocycles. The van der Waals surface area contributed by atoms with Crippen LogP contribution in [0.5, 0.6) is 0 Å². The zero-order valence-electron chi connectivity index (χ0n) is 9.29. The lowest BCUT2D eigenvalue weighted by molar-refractivity contribution is 0.0912. The Morgan fingerprint density at radius 3 is 2.94 bits per heavy atom. The third-order valence-electron chi connectivity index (χ3n) is 2.24. The Hall–Kier alpha value is -1.99. The number of carbonyl (C=O) groups excluding carboxylic acids is 1. The minimum absolute atomic E-state index is 0.0974. The first-order valence-electron chi connectivity index (χ1n) is 5.22. The van der Waals surface area contributed by atoms with Crippen molar-refractivity contribution < 1.29 is 9.90 Å². The van der Waals surface area contributed by atoms with Gasteiger partial charge in [-0.15, -0.1) is 11.3 Å². The Bertz CT molecular complexity index is 559. The van der Waals surface area contributed by atoms with Crippen molar-refractivity contribution in [2.24, 2.45) is 0 Å². The van der Waals surface area contributed by atoms with E-state index in [0.29, 0.717) is 0 Å². The van der Waals surface area contributed by atoms with Crippen LogP contribution in [0.25, 0.3) is 0 Å². The summed E-state index contributed by atoms with van der Waals surface area (Å²) < 4.78 is 0. The van der Waals surface area contributed by atoms with Crippen LogP contribution in [0, 0.1) is 0 Å². The van der Waals surface area contributed by atoms with Gasteiger partial charge in [0.1, 0.15) is 11.8 Å². The summed E-state index contributed by atoms with van der Waals surface area (Å²) in [5, 5.41) is 19.9. The highest BCUT2D eigenvalue weighted by Crippen LogP contribution is 2.17. The summed E-state index contributed by atoms with van der Waals surface area (Å²) >= 11 is 1.42. The quantitative estimate of drug-likeness (QED) is 0.740. The van der Waals surface area contributed by atoms with Crippen LogP contribution in [0.3, 0.4) is 0 Å². The van der Waals surface area contributed by atoms with Crippen molar-refractivity contribution in [2.45, 2.75) is 6.10 Å². The zero-order chi connectivity index (χ0) is 13.0. The number of rotatable bonds is 4. The number of aromatic nitrogens is 2. The lowest BCUT2D eigenvalue weighted by atomic mass is 10.3. The second kappa shape index (κ2) is 5.56. The van der Waals surface area contributed by atoms with E-state index in [9.17, 15) is 14.7 Å². The molecule has 0 aromatic carbocycles. The standard InChI is InChI=1S/C11H11N3O3S/c15-8(9-2-1-5-18-9)6-12-11(17)7-3-4-10(16)14-13-7/h1-5,8,15H,6H2,(H,12,17)(H,14,16). The summed E-state index contributed by atoms with van der Waals surface area (Å²) in [4.78, 5) is 23.2. The van der Waals surface area contributed by atoms with Gasteiger partial charge in [-0.1, -0.05) is 6.07 Å². The minimum Gasteiger partial charge on any atom is -0.386 e. The molecule has 0 radical (unpaired) electrons. The molecular weight excluding hydrogens is 254 g/mol. The Morgan fingerprint density at radius 2 is 2.33 bits per heavy atom. The number of aliphatic hydroxyl groups is 1. The first-order valence-corrected chi connectivity index (χ1v) is 6.10. The summed E-state index contributed by atoms with van der Waals surface area (Å²) in [6.07, 6.45) is -0.739. The van der Waals surface area contributed by atoms with E-state index in [4.69, 9.17) is 0 Å². The first-order chi connectivity index (χ1) is 8.66. The molecule has 3 N–H and O–H groups in total. The Labute approximate surface area is 106 Å². The minimum atomic E-state index is -0.739. The van der Waals surface area contributed by atoms with Gasteiger partial charge in [-0.2, -0.15) is 5.10 Å². The first kappa shape index (κ1) is 12.5. The highest BCUT2D eigenvalue weighted by Gasteiger charge is 2.12. The predicted molar refractivity (Wildman–Crippen MR) is 66.5 cm³/mol. The number of hydrogen-bond donors (Lipinski definition) is 3. The van der Waals surface area contributed by atoms with Crippen LogP contribution in [0.4, 0.5) is 0 Å². The molecule has 0 aliphatic carbocycles. The highest BCUT2D eigenvalue weighted by atomic mass is 32.1. The molecule has 0 aliphatic rings. The molecule has 0 saturated heterocycles. The maximum atomic E-state index is 11.6. The van der Waals surface area contributed by atoms with E-state index >= 15 is 0 Å². The van der Waals surface area contributed by atoms with Crippen LogP contribution in [0.1, 0.15) is 21.5 Å². The van der Waals surface area contributed by atoms with Crippen molar-refractivity contribution in [1.29, 1.82) is 0 Å². The van der Waals surface area contributed by atoms with E-state index < -0.39 is 12.0 Å². The summed E-state index contributed by atoms with van der Waals surface area (Å²) in [5.41, 5.74) is -0.266. The van der Waals surface area contributed by atoms with Gasteiger partial charge in [0.05, 0.1) is 0 Å². The Kier molecular flexibility index (Phi) is 3.85. The van der Waals surface area contributed by atoms with Crippen LogP contribution < -0.4 is 10.9 Å². The van der Waals surface area contributed by atoms with E-state index in [2.05, 4.69) is 15.5 Å². The van der Waals surface area contributed by atoms with Crippen LogP contribution in [-0.2, 0) is 0 Å². The third kappa shape index (κ3) is 3.02. The second-order valence-electron chi connectivity index (χ2n) is 3.55. The van der Waals surface area contributed by atoms with Crippen molar-refractivity contribution >= 4 is 17.2 Å². The number of hydrogen-bond acceptors (Lipinski definition) is 5. The second-order valence-corrected chi connectivity index (χ2v) is 4.53. The van der Waals surface area contributed by atoms with Crippen LogP contribution in [0.15, 0.2) is 34.4 Å². The molecule has 94 valence electrons. The van der Waals surface area contributed by atoms with Gasteiger partial charge in [-0.3, -0.25) is 9.59 Å². The summed E-state index contributed by atoms with van der Waals surface area (Å²) in [5.74, 6) is -0.443. The molecule has 6 nitrogen and oxygen atoms in total. The average molecular weight is 265 g/mol. The van der Waals surface area contributed by atoms with Gasteiger partial charge >= 0.3 is 0 Å². The number of H-pyrrole nitrogens is 1. The molecule has 0 bridgehead atoms. The van der Waals surface area contributed by atoms with E-state index in [1.165, 1.54) is 23.5 Å². The van der Waals surface area contributed by atoms with E-state index in [0.717, 1.165) is 4.88 Å². The van der Waals surface area contributed by atoms with Gasteiger partial charge in [-0.05, 0) is 17.5 Å². The monoisotopic (exact) mass is 265 g/mol. The maximum absolute atomic E-state index is 11.6. The number of carbonyl (C=O) groups is 1. The largest absolute Gasteiger partial charge is 0.386 e. The fourth-order valence-corrected chi connectivity index (χ4v) is 2.04. The molecule has 0 spiro atoms. The normalized spacial score (nSPS) is 12.1. The Morgan fingerprint density at radius 1 is 1.50 bits per heavy atom. The average Bonchev–Trinajstić information content (AvgIpc) is 2.90. The number of aliphatic hydroxyl groups excluding tert-OH is 1. The topological polar surface area (TPSA) is 95.1 Å². The smallest absolute Gasteiger partial charge is 0.271 e. The zero-order valence-corrected chi connectivity index (χ0v) is 10.1. The van der Waals surface area contributed by atoms with Gasteiger partial charge in [0.15, 0.2) is 0 Å². The van der Waals surface area contributed by atoms with Crippen molar-refractivity contribution in [3.8, 4) is 0 Å². The molecule has 2 rings (SSSR count). The molecule has 1 amide bonds. The molecule has 7 heteroatoms. The molecule has 1 unspecified atom stereocenters. The molecule has 0 saturated carbocycles. The summed E-state index contributed by atoms with van der Waals surface area (Å²) in [7, 11) is 0. The fraction of sp³-hybridized carbons (Fsp3) is 0.182. The van der Waals surface area contributed by atoms with Gasteiger partial charge in [-0.25, -0.2) is 5.10 Å². The molecule has 1 atom stereocenters. The summed E-state index contributed by atoms with van der Waals surface area (Å²) in [6.45, 7) is 0.0974. The number of nitrogens with zero attached hydrogens (tertiary/aromatic N) is 1. The van der Waals surface area contributed by atoms with E-state index in [1.54, 1.807) is 6.07 Å². The number of amides is 1. The van der Waals surface area contributed by atoms with Crippen molar-refractivity contribution in [3.63, 3.8) is 0 Å². The van der Waals surface area contributed by atoms with Crippen LogP contribution in [-0.4, -0.2) is 27.8 Å². The number of thiophene rings is 1. The SMILES string of the molecule is O=C(NCC(O)c1cccs1)c1ccc(=O)[nH]n1.